The summed E-state index contributed by atoms with van der Waals surface area (Å²) in [6.45, 7) is -0.370. The summed E-state index contributed by atoms with van der Waals surface area (Å²) in [5.74, 6) is -1.02. The van der Waals surface area contributed by atoms with Gasteiger partial charge >= 0.3 is 5.97 Å². The van der Waals surface area contributed by atoms with Gasteiger partial charge in [-0.05, 0) is 34.1 Å². The van der Waals surface area contributed by atoms with E-state index in [2.05, 4.69) is 21.2 Å². The molecule has 1 aromatic carbocycles. The molecule has 110 valence electrons. The second-order valence-electron chi connectivity index (χ2n) is 4.37. The Morgan fingerprint density at radius 3 is 2.71 bits per heavy atom. The highest BCUT2D eigenvalue weighted by molar-refractivity contribution is 9.10. The standard InChI is InChI=1S/C14H14BrN3O3/c1-18-7-9(16)6-12(18)14(20)21-8-13(19)17-11-5-3-2-4-10(11)15/h2-7H,8,16H2,1H3,(H,17,19). The van der Waals surface area contributed by atoms with E-state index in [0.29, 0.717) is 17.1 Å². The number of ether oxygens (including phenoxy) is 1. The number of nitrogens with two attached hydrogens (primary N) is 1. The third-order valence-corrected chi connectivity index (χ3v) is 3.41. The summed E-state index contributed by atoms with van der Waals surface area (Å²) in [4.78, 5) is 23.6. The number of halogens is 1. The van der Waals surface area contributed by atoms with Crippen molar-refractivity contribution in [2.75, 3.05) is 17.7 Å². The van der Waals surface area contributed by atoms with Gasteiger partial charge in [0.05, 0.1) is 11.4 Å². The lowest BCUT2D eigenvalue weighted by molar-refractivity contribution is -0.119. The minimum Gasteiger partial charge on any atom is -0.451 e. The molecule has 0 atom stereocenters. The predicted octanol–water partition coefficient (Wildman–Crippen LogP) is 2.17. The molecule has 0 unspecified atom stereocenters. The fourth-order valence-corrected chi connectivity index (χ4v) is 2.13. The van der Waals surface area contributed by atoms with Gasteiger partial charge in [-0.1, -0.05) is 12.1 Å². The maximum absolute atomic E-state index is 11.8. The highest BCUT2D eigenvalue weighted by Gasteiger charge is 2.14. The number of carbonyl (C=O) groups excluding carboxylic acids is 2. The minimum atomic E-state index is -0.600. The number of anilines is 2. The fraction of sp³-hybridized carbons (Fsp3) is 0.143. The Balaban J connectivity index is 1.91. The maximum atomic E-state index is 11.8. The van der Waals surface area contributed by atoms with Crippen LogP contribution in [0, 0.1) is 0 Å². The molecule has 7 heteroatoms. The molecule has 0 aliphatic carbocycles. The minimum absolute atomic E-state index is 0.293. The van der Waals surface area contributed by atoms with Crippen LogP contribution in [0.15, 0.2) is 41.0 Å². The number of carbonyl (C=O) groups is 2. The highest BCUT2D eigenvalue weighted by atomic mass is 79.9. The van der Waals surface area contributed by atoms with E-state index in [1.165, 1.54) is 6.07 Å². The average molecular weight is 352 g/mol. The molecule has 0 bridgehead atoms. The number of hydrogen-bond donors (Lipinski definition) is 2. The smallest absolute Gasteiger partial charge is 0.355 e. The molecule has 6 nitrogen and oxygen atoms in total. The molecule has 0 spiro atoms. The molecular formula is C14H14BrN3O3. The van der Waals surface area contributed by atoms with Crippen molar-refractivity contribution >= 4 is 39.2 Å². The highest BCUT2D eigenvalue weighted by Crippen LogP contribution is 2.21. The zero-order chi connectivity index (χ0) is 15.4. The van der Waals surface area contributed by atoms with Crippen LogP contribution in [-0.2, 0) is 16.6 Å². The number of nitrogen functional groups attached to an aromatic ring is 1. The first-order chi connectivity index (χ1) is 9.97. The van der Waals surface area contributed by atoms with Crippen molar-refractivity contribution in [3.8, 4) is 0 Å². The molecule has 0 saturated heterocycles. The molecule has 0 saturated carbocycles. The number of nitrogens with zero attached hydrogens (tertiary/aromatic N) is 1. The van der Waals surface area contributed by atoms with E-state index in [9.17, 15) is 9.59 Å². The lowest BCUT2D eigenvalue weighted by Gasteiger charge is -2.08. The summed E-state index contributed by atoms with van der Waals surface area (Å²) < 4.78 is 7.25. The van der Waals surface area contributed by atoms with Crippen LogP contribution in [0.25, 0.3) is 0 Å². The van der Waals surface area contributed by atoms with E-state index in [4.69, 9.17) is 10.5 Å². The van der Waals surface area contributed by atoms with Gasteiger partial charge in [0, 0.05) is 17.7 Å². The van der Waals surface area contributed by atoms with Crippen molar-refractivity contribution in [1.29, 1.82) is 0 Å². The van der Waals surface area contributed by atoms with Crippen molar-refractivity contribution in [2.24, 2.45) is 7.05 Å². The molecule has 0 aliphatic rings. The lowest BCUT2D eigenvalue weighted by atomic mass is 10.3. The van der Waals surface area contributed by atoms with Crippen LogP contribution in [0.1, 0.15) is 10.5 Å². The average Bonchev–Trinajstić information content (AvgIpc) is 2.78. The first-order valence-electron chi connectivity index (χ1n) is 6.10. The van der Waals surface area contributed by atoms with Gasteiger partial charge in [0.25, 0.3) is 5.91 Å². The van der Waals surface area contributed by atoms with Crippen LogP contribution >= 0.6 is 15.9 Å². The van der Waals surface area contributed by atoms with E-state index in [0.717, 1.165) is 4.47 Å². The van der Waals surface area contributed by atoms with Crippen molar-refractivity contribution in [3.05, 3.63) is 46.7 Å². The molecule has 1 aromatic heterocycles. The molecule has 1 heterocycles. The van der Waals surface area contributed by atoms with Crippen molar-refractivity contribution in [2.45, 2.75) is 0 Å². The summed E-state index contributed by atoms with van der Waals surface area (Å²) in [5.41, 5.74) is 6.94. The zero-order valence-corrected chi connectivity index (χ0v) is 12.9. The number of rotatable bonds is 4. The van der Waals surface area contributed by atoms with Gasteiger partial charge in [-0.2, -0.15) is 0 Å². The van der Waals surface area contributed by atoms with Crippen molar-refractivity contribution in [1.82, 2.24) is 4.57 Å². The number of esters is 1. The first kappa shape index (κ1) is 15.1. The topological polar surface area (TPSA) is 86.3 Å². The molecular weight excluding hydrogens is 338 g/mol. The van der Waals surface area contributed by atoms with Crippen LogP contribution in [0.2, 0.25) is 0 Å². The molecule has 0 aliphatic heterocycles. The zero-order valence-electron chi connectivity index (χ0n) is 11.3. The van der Waals surface area contributed by atoms with E-state index in [-0.39, 0.29) is 6.61 Å². The number of amides is 1. The quantitative estimate of drug-likeness (QED) is 0.826. The summed E-state index contributed by atoms with van der Waals surface area (Å²) >= 11 is 3.31. The monoisotopic (exact) mass is 351 g/mol. The predicted molar refractivity (Wildman–Crippen MR) is 82.9 cm³/mol. The number of aryl methyl sites for hydroxylation is 1. The normalized spacial score (nSPS) is 10.2. The van der Waals surface area contributed by atoms with Gasteiger partial charge < -0.3 is 20.4 Å². The van der Waals surface area contributed by atoms with Gasteiger partial charge in [0.1, 0.15) is 5.69 Å². The number of aromatic nitrogens is 1. The molecule has 2 aromatic rings. The van der Waals surface area contributed by atoms with Gasteiger partial charge in [-0.15, -0.1) is 0 Å². The summed E-state index contributed by atoms with van der Waals surface area (Å²) in [6.07, 6.45) is 1.59. The molecule has 1 amide bonds. The fourth-order valence-electron chi connectivity index (χ4n) is 1.75. The Hall–Kier alpha value is -2.28. The first-order valence-corrected chi connectivity index (χ1v) is 6.90. The van der Waals surface area contributed by atoms with E-state index < -0.39 is 11.9 Å². The van der Waals surface area contributed by atoms with Gasteiger partial charge in [-0.25, -0.2) is 4.79 Å². The van der Waals surface area contributed by atoms with Crippen LogP contribution in [0.3, 0.4) is 0 Å². The van der Waals surface area contributed by atoms with Crippen molar-refractivity contribution in [3.63, 3.8) is 0 Å². The lowest BCUT2D eigenvalue weighted by Crippen LogP contribution is -2.21. The second kappa shape index (κ2) is 6.45. The van der Waals surface area contributed by atoms with Crippen LogP contribution < -0.4 is 11.1 Å². The number of nitrogens with one attached hydrogen (secondary N) is 1. The number of hydrogen-bond acceptors (Lipinski definition) is 4. The van der Waals surface area contributed by atoms with Crippen LogP contribution in [0.4, 0.5) is 11.4 Å². The molecule has 3 N–H and O–H groups in total. The van der Waals surface area contributed by atoms with E-state index in [1.54, 1.807) is 36.0 Å². The Bertz CT molecular complexity index is 682. The van der Waals surface area contributed by atoms with Crippen molar-refractivity contribution < 1.29 is 14.3 Å². The Morgan fingerprint density at radius 1 is 1.38 bits per heavy atom. The molecule has 21 heavy (non-hydrogen) atoms. The molecule has 2 rings (SSSR count). The number of para-hydroxylation sites is 1. The maximum Gasteiger partial charge on any atom is 0.355 e. The van der Waals surface area contributed by atoms with Crippen LogP contribution in [0.5, 0.6) is 0 Å². The number of benzene rings is 1. The largest absolute Gasteiger partial charge is 0.451 e. The summed E-state index contributed by atoms with van der Waals surface area (Å²) in [7, 11) is 1.67. The Morgan fingerprint density at radius 2 is 2.10 bits per heavy atom. The van der Waals surface area contributed by atoms with Gasteiger partial charge in [0.15, 0.2) is 6.61 Å². The Labute approximate surface area is 130 Å². The third-order valence-electron chi connectivity index (χ3n) is 2.72. The third kappa shape index (κ3) is 3.85. The van der Waals surface area contributed by atoms with Gasteiger partial charge in [-0.3, -0.25) is 4.79 Å². The second-order valence-corrected chi connectivity index (χ2v) is 5.23. The van der Waals surface area contributed by atoms with E-state index >= 15 is 0 Å². The molecule has 0 fully saturated rings. The Kier molecular flexibility index (Phi) is 4.64. The van der Waals surface area contributed by atoms with Crippen LogP contribution in [-0.4, -0.2) is 23.1 Å². The SMILES string of the molecule is Cn1cc(N)cc1C(=O)OCC(=O)Nc1ccccc1Br. The summed E-state index contributed by atoms with van der Waals surface area (Å²) in [6, 6.07) is 8.66. The van der Waals surface area contributed by atoms with E-state index in [1.807, 2.05) is 6.07 Å². The summed E-state index contributed by atoms with van der Waals surface area (Å²) in [5, 5.41) is 2.64. The van der Waals surface area contributed by atoms with Gasteiger partial charge in [0.2, 0.25) is 0 Å². The molecule has 0 radical (unpaired) electrons.